The number of hydrogen-bond donors (Lipinski definition) is 1. The Hall–Kier alpha value is -0.960. The van der Waals surface area contributed by atoms with Crippen molar-refractivity contribution in [2.75, 3.05) is 12.0 Å². The number of carbonyl (C=O) groups is 1. The number of nitrogen functional groups attached to an aromatic ring is 1. The smallest absolute Gasteiger partial charge is 0.164 e. The molecular weight excluding hydrogens is 182 g/mol. The Morgan fingerprint density at radius 2 is 2.23 bits per heavy atom. The topological polar surface area (TPSA) is 43.1 Å². The fourth-order valence-electron chi connectivity index (χ4n) is 1.09. The van der Waals surface area contributed by atoms with Gasteiger partial charge in [-0.3, -0.25) is 4.79 Å². The Labute approximate surface area is 82.5 Å². The summed E-state index contributed by atoms with van der Waals surface area (Å²) in [6, 6.07) is 5.56. The molecule has 0 aliphatic carbocycles. The van der Waals surface area contributed by atoms with Crippen molar-refractivity contribution in [2.24, 2.45) is 0 Å². The van der Waals surface area contributed by atoms with Crippen molar-refractivity contribution in [3.8, 4) is 0 Å². The van der Waals surface area contributed by atoms with Crippen molar-refractivity contribution in [2.45, 2.75) is 18.2 Å². The maximum absolute atomic E-state index is 11.4. The Balaban J connectivity index is 3.11. The first-order valence-electron chi connectivity index (χ1n) is 4.15. The van der Waals surface area contributed by atoms with Crippen molar-refractivity contribution in [1.29, 1.82) is 0 Å². The van der Waals surface area contributed by atoms with Crippen LogP contribution in [0.15, 0.2) is 23.1 Å². The Morgan fingerprint density at radius 1 is 1.54 bits per heavy atom. The third-order valence-electron chi connectivity index (χ3n) is 1.88. The van der Waals surface area contributed by atoms with Crippen LogP contribution in [-0.2, 0) is 0 Å². The zero-order chi connectivity index (χ0) is 9.84. The molecule has 1 rings (SSSR count). The van der Waals surface area contributed by atoms with Gasteiger partial charge in [0, 0.05) is 22.6 Å². The van der Waals surface area contributed by atoms with Gasteiger partial charge < -0.3 is 5.73 Å². The molecule has 1 aromatic carbocycles. The number of anilines is 1. The summed E-state index contributed by atoms with van der Waals surface area (Å²) in [6.07, 6.45) is 2.48. The molecule has 0 amide bonds. The van der Waals surface area contributed by atoms with E-state index < -0.39 is 0 Å². The molecule has 0 saturated heterocycles. The van der Waals surface area contributed by atoms with Gasteiger partial charge in [-0.15, -0.1) is 11.8 Å². The van der Waals surface area contributed by atoms with E-state index in [4.69, 9.17) is 5.73 Å². The number of thioether (sulfide) groups is 1. The van der Waals surface area contributed by atoms with Gasteiger partial charge in [0.05, 0.1) is 0 Å². The van der Waals surface area contributed by atoms with E-state index in [0.717, 1.165) is 4.90 Å². The van der Waals surface area contributed by atoms with Crippen LogP contribution in [0.5, 0.6) is 0 Å². The van der Waals surface area contributed by atoms with Gasteiger partial charge in [0.25, 0.3) is 0 Å². The highest BCUT2D eigenvalue weighted by Gasteiger charge is 2.07. The number of rotatable bonds is 3. The van der Waals surface area contributed by atoms with Crippen LogP contribution in [0.1, 0.15) is 23.7 Å². The van der Waals surface area contributed by atoms with E-state index in [0.29, 0.717) is 17.7 Å². The van der Waals surface area contributed by atoms with Crippen molar-refractivity contribution < 1.29 is 4.79 Å². The van der Waals surface area contributed by atoms with E-state index in [2.05, 4.69) is 0 Å². The van der Waals surface area contributed by atoms with Crippen molar-refractivity contribution >= 4 is 23.2 Å². The summed E-state index contributed by atoms with van der Waals surface area (Å²) < 4.78 is 0. The number of nitrogens with two attached hydrogens (primary N) is 1. The number of Topliss-reactive ketones (excluding diaryl/α,β-unsaturated/α-hetero) is 1. The quantitative estimate of drug-likeness (QED) is 0.458. The monoisotopic (exact) mass is 195 g/mol. The van der Waals surface area contributed by atoms with Gasteiger partial charge in [-0.2, -0.15) is 0 Å². The second kappa shape index (κ2) is 4.33. The lowest BCUT2D eigenvalue weighted by Gasteiger charge is -2.04. The average Bonchev–Trinajstić information content (AvgIpc) is 2.17. The second-order valence-corrected chi connectivity index (χ2v) is 3.61. The number of ketones is 1. The summed E-state index contributed by atoms with van der Waals surface area (Å²) in [5.74, 6) is 0.105. The normalized spacial score (nSPS) is 10.0. The molecule has 2 N–H and O–H groups in total. The average molecular weight is 195 g/mol. The maximum Gasteiger partial charge on any atom is 0.164 e. The van der Waals surface area contributed by atoms with Crippen molar-refractivity contribution in [1.82, 2.24) is 0 Å². The molecule has 0 aliphatic rings. The summed E-state index contributed by atoms with van der Waals surface area (Å²) in [4.78, 5) is 12.5. The minimum atomic E-state index is 0.105. The lowest BCUT2D eigenvalue weighted by molar-refractivity contribution is 0.0989. The molecule has 0 spiro atoms. The lowest BCUT2D eigenvalue weighted by atomic mass is 10.1. The molecule has 0 aromatic heterocycles. The molecule has 3 heteroatoms. The number of benzene rings is 1. The van der Waals surface area contributed by atoms with Crippen LogP contribution in [0.3, 0.4) is 0 Å². The molecule has 0 heterocycles. The molecule has 0 radical (unpaired) electrons. The molecule has 13 heavy (non-hydrogen) atoms. The molecule has 0 saturated carbocycles. The van der Waals surface area contributed by atoms with Crippen LogP contribution in [0.4, 0.5) is 5.69 Å². The molecule has 1 aromatic rings. The summed E-state index contributed by atoms with van der Waals surface area (Å²) in [6.45, 7) is 1.84. The second-order valence-electron chi connectivity index (χ2n) is 2.73. The first kappa shape index (κ1) is 10.1. The SMILES string of the molecule is CCC(=O)c1cc(SC)ccc1N. The summed E-state index contributed by atoms with van der Waals surface area (Å²) >= 11 is 1.61. The predicted molar refractivity (Wildman–Crippen MR) is 57.3 cm³/mol. The zero-order valence-corrected chi connectivity index (χ0v) is 8.65. The van der Waals surface area contributed by atoms with Gasteiger partial charge in [-0.05, 0) is 24.5 Å². The number of carbonyl (C=O) groups excluding carboxylic acids is 1. The largest absolute Gasteiger partial charge is 0.398 e. The van der Waals surface area contributed by atoms with Gasteiger partial charge >= 0.3 is 0 Å². The molecule has 0 unspecified atom stereocenters. The lowest BCUT2D eigenvalue weighted by Crippen LogP contribution is -2.02. The molecule has 0 bridgehead atoms. The van der Waals surface area contributed by atoms with E-state index in [1.54, 1.807) is 17.8 Å². The maximum atomic E-state index is 11.4. The van der Waals surface area contributed by atoms with Crippen LogP contribution >= 0.6 is 11.8 Å². The van der Waals surface area contributed by atoms with Crippen LogP contribution in [0, 0.1) is 0 Å². The highest BCUT2D eigenvalue weighted by Crippen LogP contribution is 2.21. The Morgan fingerprint density at radius 3 is 2.77 bits per heavy atom. The first-order chi connectivity index (χ1) is 6.19. The highest BCUT2D eigenvalue weighted by atomic mass is 32.2. The number of hydrogen-bond acceptors (Lipinski definition) is 3. The van der Waals surface area contributed by atoms with Gasteiger partial charge in [-0.1, -0.05) is 6.92 Å². The molecule has 0 aliphatic heterocycles. The summed E-state index contributed by atoms with van der Waals surface area (Å²) in [5.41, 5.74) is 6.91. The van der Waals surface area contributed by atoms with Crippen LogP contribution in [-0.4, -0.2) is 12.0 Å². The molecule has 0 fully saturated rings. The summed E-state index contributed by atoms with van der Waals surface area (Å²) in [7, 11) is 0. The minimum absolute atomic E-state index is 0.105. The highest BCUT2D eigenvalue weighted by molar-refractivity contribution is 7.98. The van der Waals surface area contributed by atoms with Crippen molar-refractivity contribution in [3.63, 3.8) is 0 Å². The Bertz CT molecular complexity index is 323. The minimum Gasteiger partial charge on any atom is -0.398 e. The van der Waals surface area contributed by atoms with Gasteiger partial charge in [0.2, 0.25) is 0 Å². The Kier molecular flexibility index (Phi) is 3.37. The van der Waals surface area contributed by atoms with Crippen LogP contribution in [0.2, 0.25) is 0 Å². The van der Waals surface area contributed by atoms with E-state index in [1.165, 1.54) is 0 Å². The van der Waals surface area contributed by atoms with Gasteiger partial charge in [-0.25, -0.2) is 0 Å². The van der Waals surface area contributed by atoms with Gasteiger partial charge in [0.1, 0.15) is 0 Å². The van der Waals surface area contributed by atoms with Gasteiger partial charge in [0.15, 0.2) is 5.78 Å². The molecule has 2 nitrogen and oxygen atoms in total. The first-order valence-corrected chi connectivity index (χ1v) is 5.38. The predicted octanol–water partition coefficient (Wildman–Crippen LogP) is 2.58. The molecular formula is C10H13NOS. The zero-order valence-electron chi connectivity index (χ0n) is 7.83. The standard InChI is InChI=1S/C10H13NOS/c1-3-10(12)8-6-7(13-2)4-5-9(8)11/h4-6H,3,11H2,1-2H3. The van der Waals surface area contributed by atoms with E-state index in [1.807, 2.05) is 25.3 Å². The van der Waals surface area contributed by atoms with Crippen molar-refractivity contribution in [3.05, 3.63) is 23.8 Å². The van der Waals surface area contributed by atoms with E-state index in [9.17, 15) is 4.79 Å². The third kappa shape index (κ3) is 2.25. The van der Waals surface area contributed by atoms with Crippen LogP contribution in [0.25, 0.3) is 0 Å². The van der Waals surface area contributed by atoms with Crippen LogP contribution < -0.4 is 5.73 Å². The fraction of sp³-hybridized carbons (Fsp3) is 0.300. The fourth-order valence-corrected chi connectivity index (χ4v) is 1.53. The van der Waals surface area contributed by atoms with E-state index in [-0.39, 0.29) is 5.78 Å². The molecule has 0 atom stereocenters. The summed E-state index contributed by atoms with van der Waals surface area (Å²) in [5, 5.41) is 0. The van der Waals surface area contributed by atoms with E-state index >= 15 is 0 Å². The molecule has 70 valence electrons. The third-order valence-corrected chi connectivity index (χ3v) is 2.61.